The number of nitriles is 1. The average Bonchev–Trinajstić information content (AvgIpc) is 2.49. The van der Waals surface area contributed by atoms with Gasteiger partial charge in [-0.3, -0.25) is 0 Å². The summed E-state index contributed by atoms with van der Waals surface area (Å²) in [5.41, 5.74) is 1.88. The SMILES string of the molecule is CN(CCCCCCCCCBr)c1cccc(C#N)c1. The summed E-state index contributed by atoms with van der Waals surface area (Å²) < 4.78 is 0. The topological polar surface area (TPSA) is 27.0 Å². The van der Waals surface area contributed by atoms with Crippen molar-refractivity contribution >= 4 is 21.6 Å². The molecule has 0 aliphatic rings. The number of anilines is 1. The van der Waals surface area contributed by atoms with E-state index in [1.165, 1.54) is 44.9 Å². The van der Waals surface area contributed by atoms with E-state index < -0.39 is 0 Å². The largest absolute Gasteiger partial charge is 0.375 e. The lowest BCUT2D eigenvalue weighted by Gasteiger charge is -2.19. The van der Waals surface area contributed by atoms with Gasteiger partial charge in [0, 0.05) is 24.6 Å². The highest BCUT2D eigenvalue weighted by Gasteiger charge is 2.01. The van der Waals surface area contributed by atoms with Crippen LogP contribution in [0.1, 0.15) is 50.5 Å². The van der Waals surface area contributed by atoms with Gasteiger partial charge in [-0.25, -0.2) is 0 Å². The second-order valence-corrected chi connectivity index (χ2v) is 6.04. The summed E-state index contributed by atoms with van der Waals surface area (Å²) in [5, 5.41) is 10.0. The van der Waals surface area contributed by atoms with Gasteiger partial charge < -0.3 is 4.90 Å². The minimum atomic E-state index is 0.737. The van der Waals surface area contributed by atoms with E-state index >= 15 is 0 Å². The van der Waals surface area contributed by atoms with Gasteiger partial charge in [-0.15, -0.1) is 0 Å². The van der Waals surface area contributed by atoms with E-state index in [1.54, 1.807) is 0 Å². The maximum Gasteiger partial charge on any atom is 0.0992 e. The molecule has 0 aliphatic carbocycles. The van der Waals surface area contributed by atoms with Crippen LogP contribution in [0.15, 0.2) is 24.3 Å². The molecule has 0 spiro atoms. The highest BCUT2D eigenvalue weighted by atomic mass is 79.9. The van der Waals surface area contributed by atoms with E-state index in [9.17, 15) is 0 Å². The third-order valence-corrected chi connectivity index (χ3v) is 4.10. The van der Waals surface area contributed by atoms with E-state index in [0.29, 0.717) is 0 Å². The molecule has 110 valence electrons. The van der Waals surface area contributed by atoms with E-state index in [4.69, 9.17) is 5.26 Å². The quantitative estimate of drug-likeness (QED) is 0.438. The second kappa shape index (κ2) is 10.7. The van der Waals surface area contributed by atoms with Gasteiger partial charge >= 0.3 is 0 Å². The van der Waals surface area contributed by atoms with Crippen LogP contribution < -0.4 is 4.90 Å². The summed E-state index contributed by atoms with van der Waals surface area (Å²) >= 11 is 3.47. The summed E-state index contributed by atoms with van der Waals surface area (Å²) in [5.74, 6) is 0. The standard InChI is InChI=1S/C17H25BrN2/c1-20(17-11-9-10-16(14-17)15-19)13-8-6-4-2-3-5-7-12-18/h9-11,14H,2-8,12-13H2,1H3. The molecule has 0 N–H and O–H groups in total. The second-order valence-electron chi connectivity index (χ2n) is 5.25. The lowest BCUT2D eigenvalue weighted by Crippen LogP contribution is -2.18. The number of benzene rings is 1. The van der Waals surface area contributed by atoms with Crippen molar-refractivity contribution in [1.29, 1.82) is 5.26 Å². The highest BCUT2D eigenvalue weighted by molar-refractivity contribution is 9.09. The fraction of sp³-hybridized carbons (Fsp3) is 0.588. The van der Waals surface area contributed by atoms with Gasteiger partial charge in [0.25, 0.3) is 0 Å². The minimum absolute atomic E-state index is 0.737. The number of rotatable bonds is 10. The van der Waals surface area contributed by atoms with Gasteiger partial charge in [-0.1, -0.05) is 54.1 Å². The monoisotopic (exact) mass is 336 g/mol. The zero-order valence-electron chi connectivity index (χ0n) is 12.4. The van der Waals surface area contributed by atoms with Crippen LogP contribution in [0.4, 0.5) is 5.69 Å². The van der Waals surface area contributed by atoms with Crippen LogP contribution in [-0.4, -0.2) is 18.9 Å². The Kier molecular flexibility index (Phi) is 9.15. The number of halogens is 1. The van der Waals surface area contributed by atoms with Crippen molar-refractivity contribution in [2.45, 2.75) is 44.9 Å². The lowest BCUT2D eigenvalue weighted by molar-refractivity contribution is 0.590. The number of alkyl halides is 1. The van der Waals surface area contributed by atoms with Crippen LogP contribution in [0.3, 0.4) is 0 Å². The first-order chi connectivity index (χ1) is 9.77. The van der Waals surface area contributed by atoms with Gasteiger partial charge in [-0.2, -0.15) is 5.26 Å². The van der Waals surface area contributed by atoms with Crippen LogP contribution in [0.2, 0.25) is 0 Å². The summed E-state index contributed by atoms with van der Waals surface area (Å²) in [4.78, 5) is 2.24. The fourth-order valence-corrected chi connectivity index (χ4v) is 2.67. The van der Waals surface area contributed by atoms with Crippen molar-refractivity contribution < 1.29 is 0 Å². The molecule has 0 aromatic heterocycles. The Bertz CT molecular complexity index is 412. The van der Waals surface area contributed by atoms with Gasteiger partial charge in [0.05, 0.1) is 11.6 Å². The molecule has 0 saturated heterocycles. The van der Waals surface area contributed by atoms with Crippen LogP contribution >= 0.6 is 15.9 Å². The molecule has 2 nitrogen and oxygen atoms in total. The molecule has 1 aromatic carbocycles. The molecule has 20 heavy (non-hydrogen) atoms. The van der Waals surface area contributed by atoms with E-state index in [1.807, 2.05) is 18.2 Å². The number of hydrogen-bond acceptors (Lipinski definition) is 2. The predicted molar refractivity (Wildman–Crippen MR) is 90.5 cm³/mol. The Morgan fingerprint density at radius 1 is 1.05 bits per heavy atom. The molecule has 0 bridgehead atoms. The molecule has 1 rings (SSSR count). The first-order valence-electron chi connectivity index (χ1n) is 7.55. The van der Waals surface area contributed by atoms with Crippen molar-refractivity contribution in [3.8, 4) is 6.07 Å². The molecule has 0 unspecified atom stereocenters. The Balaban J connectivity index is 2.14. The highest BCUT2D eigenvalue weighted by Crippen LogP contribution is 2.15. The molecule has 0 amide bonds. The summed E-state index contributed by atoms with van der Waals surface area (Å²) in [6, 6.07) is 10.0. The normalized spacial score (nSPS) is 10.2. The molecule has 0 heterocycles. The van der Waals surface area contributed by atoms with Crippen molar-refractivity contribution in [2.75, 3.05) is 23.8 Å². The molecule has 0 saturated carbocycles. The Labute approximate surface area is 131 Å². The van der Waals surface area contributed by atoms with Crippen molar-refractivity contribution in [3.05, 3.63) is 29.8 Å². The molecular weight excluding hydrogens is 312 g/mol. The van der Waals surface area contributed by atoms with Crippen LogP contribution in [-0.2, 0) is 0 Å². The first-order valence-corrected chi connectivity index (χ1v) is 8.67. The summed E-state index contributed by atoms with van der Waals surface area (Å²) in [6.07, 6.45) is 9.26. The fourth-order valence-electron chi connectivity index (χ4n) is 2.27. The number of unbranched alkanes of at least 4 members (excludes halogenated alkanes) is 6. The maximum atomic E-state index is 8.91. The smallest absolute Gasteiger partial charge is 0.0992 e. The lowest BCUT2D eigenvalue weighted by atomic mass is 10.1. The third-order valence-electron chi connectivity index (χ3n) is 3.54. The molecular formula is C17H25BrN2. The first kappa shape index (κ1) is 17.0. The minimum Gasteiger partial charge on any atom is -0.375 e. The van der Waals surface area contributed by atoms with Gasteiger partial charge in [0.1, 0.15) is 0 Å². The van der Waals surface area contributed by atoms with Crippen molar-refractivity contribution in [2.24, 2.45) is 0 Å². The van der Waals surface area contributed by atoms with Crippen molar-refractivity contribution in [1.82, 2.24) is 0 Å². The van der Waals surface area contributed by atoms with E-state index in [-0.39, 0.29) is 0 Å². The Hall–Kier alpha value is -1.01. The predicted octanol–water partition coefficient (Wildman–Crippen LogP) is 5.12. The van der Waals surface area contributed by atoms with Crippen LogP contribution in [0.25, 0.3) is 0 Å². The summed E-state index contributed by atoms with van der Waals surface area (Å²) in [6.45, 7) is 1.07. The zero-order valence-corrected chi connectivity index (χ0v) is 14.0. The van der Waals surface area contributed by atoms with Gasteiger partial charge in [0.2, 0.25) is 0 Å². The number of hydrogen-bond donors (Lipinski definition) is 0. The molecule has 0 aliphatic heterocycles. The molecule has 0 radical (unpaired) electrons. The average molecular weight is 337 g/mol. The summed E-state index contributed by atoms with van der Waals surface area (Å²) in [7, 11) is 2.10. The van der Waals surface area contributed by atoms with Crippen molar-refractivity contribution in [3.63, 3.8) is 0 Å². The van der Waals surface area contributed by atoms with Gasteiger partial charge in [-0.05, 0) is 31.0 Å². The number of nitrogens with zero attached hydrogens (tertiary/aromatic N) is 2. The third kappa shape index (κ3) is 6.96. The molecule has 1 aromatic rings. The van der Waals surface area contributed by atoms with Crippen LogP contribution in [0.5, 0.6) is 0 Å². The van der Waals surface area contributed by atoms with Crippen LogP contribution in [0, 0.1) is 11.3 Å². The molecule has 0 atom stereocenters. The maximum absolute atomic E-state index is 8.91. The zero-order chi connectivity index (χ0) is 14.6. The van der Waals surface area contributed by atoms with E-state index in [2.05, 4.69) is 40.0 Å². The van der Waals surface area contributed by atoms with Gasteiger partial charge in [0.15, 0.2) is 0 Å². The Morgan fingerprint density at radius 3 is 2.35 bits per heavy atom. The van der Waals surface area contributed by atoms with E-state index in [0.717, 1.165) is 23.1 Å². The molecule has 0 fully saturated rings. The molecule has 3 heteroatoms. The Morgan fingerprint density at radius 2 is 1.70 bits per heavy atom.